The maximum atomic E-state index is 10.8. The molecule has 0 amide bonds. The molecule has 0 radical (unpaired) electrons. The number of hydrogen-bond acceptors (Lipinski definition) is 4. The van der Waals surface area contributed by atoms with Crippen LogP contribution in [0, 0.1) is 6.92 Å². The molecule has 0 saturated carbocycles. The molecule has 0 spiro atoms. The van der Waals surface area contributed by atoms with Gasteiger partial charge in [0.1, 0.15) is 17.3 Å². The van der Waals surface area contributed by atoms with Crippen LogP contribution in [0.15, 0.2) is 12.1 Å². The maximum Gasteiger partial charge on any atom is 0.143 e. The van der Waals surface area contributed by atoms with Crippen LogP contribution in [0.3, 0.4) is 0 Å². The van der Waals surface area contributed by atoms with Gasteiger partial charge in [0, 0.05) is 12.1 Å². The van der Waals surface area contributed by atoms with Crippen molar-refractivity contribution in [3.63, 3.8) is 0 Å². The van der Waals surface area contributed by atoms with Crippen molar-refractivity contribution < 1.29 is 14.3 Å². The summed E-state index contributed by atoms with van der Waals surface area (Å²) in [5.41, 5.74) is 2.01. The lowest BCUT2D eigenvalue weighted by molar-refractivity contribution is -0.116. The molecule has 1 aromatic carbocycles. The molecule has 1 aromatic rings. The molecule has 4 nitrogen and oxygen atoms in total. The van der Waals surface area contributed by atoms with E-state index in [1.54, 1.807) is 21.1 Å². The molecular weight excluding hydrogens is 218 g/mol. The van der Waals surface area contributed by atoms with Crippen LogP contribution in [0.1, 0.15) is 18.1 Å². The molecule has 0 unspecified atom stereocenters. The van der Waals surface area contributed by atoms with E-state index in [1.807, 2.05) is 19.1 Å². The third-order valence-corrected chi connectivity index (χ3v) is 2.49. The topological polar surface area (TPSA) is 47.6 Å². The normalized spacial score (nSPS) is 10.1. The smallest absolute Gasteiger partial charge is 0.143 e. The molecule has 17 heavy (non-hydrogen) atoms. The molecule has 0 aliphatic heterocycles. The molecule has 0 fully saturated rings. The molecule has 0 saturated heterocycles. The van der Waals surface area contributed by atoms with E-state index in [0.29, 0.717) is 13.1 Å². The molecule has 0 aliphatic carbocycles. The van der Waals surface area contributed by atoms with E-state index >= 15 is 0 Å². The van der Waals surface area contributed by atoms with Crippen LogP contribution in [0.5, 0.6) is 11.5 Å². The molecule has 0 atom stereocenters. The van der Waals surface area contributed by atoms with E-state index in [1.165, 1.54) is 0 Å². The van der Waals surface area contributed by atoms with Crippen molar-refractivity contribution in [1.29, 1.82) is 0 Å². The summed E-state index contributed by atoms with van der Waals surface area (Å²) >= 11 is 0. The summed E-state index contributed by atoms with van der Waals surface area (Å²) in [4.78, 5) is 10.8. The van der Waals surface area contributed by atoms with Crippen molar-refractivity contribution in [3.8, 4) is 11.5 Å². The van der Waals surface area contributed by atoms with Crippen LogP contribution in [0.2, 0.25) is 0 Å². The Morgan fingerprint density at radius 3 is 2.41 bits per heavy atom. The summed E-state index contributed by atoms with van der Waals surface area (Å²) in [7, 11) is 3.28. The number of carbonyl (C=O) groups excluding carboxylic acids is 1. The molecular formula is C13H19NO3. The molecule has 1 rings (SSSR count). The molecule has 0 aromatic heterocycles. The SMILES string of the molecule is COc1cc(CNCC(C)=O)c(OC)cc1C. The van der Waals surface area contributed by atoms with E-state index in [2.05, 4.69) is 5.32 Å². The van der Waals surface area contributed by atoms with Crippen molar-refractivity contribution in [1.82, 2.24) is 5.32 Å². The Labute approximate surface area is 102 Å². The largest absolute Gasteiger partial charge is 0.496 e. The van der Waals surface area contributed by atoms with Crippen molar-refractivity contribution in [2.24, 2.45) is 0 Å². The van der Waals surface area contributed by atoms with Gasteiger partial charge in [0.15, 0.2) is 0 Å². The maximum absolute atomic E-state index is 10.8. The summed E-state index contributed by atoms with van der Waals surface area (Å²) in [6, 6.07) is 3.87. The number of rotatable bonds is 6. The summed E-state index contributed by atoms with van der Waals surface area (Å²) in [6.45, 7) is 4.47. The van der Waals surface area contributed by atoms with Gasteiger partial charge in [-0.3, -0.25) is 4.79 Å². The Kier molecular flexibility index (Phi) is 4.97. The summed E-state index contributed by atoms with van der Waals surface area (Å²) in [5.74, 6) is 1.74. The first-order valence-corrected chi connectivity index (χ1v) is 5.50. The molecule has 4 heteroatoms. The standard InChI is InChI=1S/C13H19NO3/c1-9-5-13(17-4)11(6-12(9)16-3)8-14-7-10(2)15/h5-6,14H,7-8H2,1-4H3. The highest BCUT2D eigenvalue weighted by molar-refractivity contribution is 5.77. The zero-order valence-corrected chi connectivity index (χ0v) is 10.8. The predicted molar refractivity (Wildman–Crippen MR) is 66.7 cm³/mol. The Morgan fingerprint density at radius 2 is 1.88 bits per heavy atom. The second-order valence-electron chi connectivity index (χ2n) is 3.94. The fourth-order valence-corrected chi connectivity index (χ4v) is 1.62. The minimum absolute atomic E-state index is 0.114. The number of hydrogen-bond donors (Lipinski definition) is 1. The van der Waals surface area contributed by atoms with Crippen molar-refractivity contribution in [3.05, 3.63) is 23.3 Å². The van der Waals surface area contributed by atoms with Gasteiger partial charge in [0.05, 0.1) is 20.8 Å². The molecule has 0 bridgehead atoms. The number of carbonyl (C=O) groups is 1. The average molecular weight is 237 g/mol. The summed E-state index contributed by atoms with van der Waals surface area (Å²) in [6.07, 6.45) is 0. The lowest BCUT2D eigenvalue weighted by Gasteiger charge is -2.13. The first-order chi connectivity index (χ1) is 8.08. The summed E-state index contributed by atoms with van der Waals surface area (Å²) < 4.78 is 10.6. The van der Waals surface area contributed by atoms with E-state index in [-0.39, 0.29) is 5.78 Å². The fourth-order valence-electron chi connectivity index (χ4n) is 1.62. The molecule has 0 aliphatic rings. The minimum Gasteiger partial charge on any atom is -0.496 e. The van der Waals surface area contributed by atoms with Gasteiger partial charge in [-0.25, -0.2) is 0 Å². The highest BCUT2D eigenvalue weighted by Gasteiger charge is 2.08. The average Bonchev–Trinajstić information content (AvgIpc) is 2.30. The number of ketones is 1. The summed E-state index contributed by atoms with van der Waals surface area (Å²) in [5, 5.41) is 3.06. The van der Waals surface area contributed by atoms with Crippen LogP contribution in [-0.4, -0.2) is 26.5 Å². The Bertz CT molecular complexity index is 402. The second-order valence-corrected chi connectivity index (χ2v) is 3.94. The van der Waals surface area contributed by atoms with Crippen molar-refractivity contribution >= 4 is 5.78 Å². The highest BCUT2D eigenvalue weighted by Crippen LogP contribution is 2.27. The van der Waals surface area contributed by atoms with Gasteiger partial charge >= 0.3 is 0 Å². The first-order valence-electron chi connectivity index (χ1n) is 5.50. The fraction of sp³-hybridized carbons (Fsp3) is 0.462. The van der Waals surface area contributed by atoms with Gasteiger partial charge in [-0.15, -0.1) is 0 Å². The van der Waals surface area contributed by atoms with Gasteiger partial charge in [0.2, 0.25) is 0 Å². The van der Waals surface area contributed by atoms with Crippen molar-refractivity contribution in [2.75, 3.05) is 20.8 Å². The Morgan fingerprint density at radius 1 is 1.24 bits per heavy atom. The van der Waals surface area contributed by atoms with Gasteiger partial charge in [-0.1, -0.05) is 0 Å². The zero-order valence-electron chi connectivity index (χ0n) is 10.8. The van der Waals surface area contributed by atoms with Gasteiger partial charge in [-0.2, -0.15) is 0 Å². The van der Waals surface area contributed by atoms with Crippen LogP contribution >= 0.6 is 0 Å². The van der Waals surface area contributed by atoms with Gasteiger partial charge in [-0.05, 0) is 31.5 Å². The Balaban J connectivity index is 2.84. The number of Topliss-reactive ketones (excluding diaryl/α,β-unsaturated/α-hetero) is 1. The quantitative estimate of drug-likeness (QED) is 0.818. The number of methoxy groups -OCH3 is 2. The lowest BCUT2D eigenvalue weighted by Crippen LogP contribution is -2.20. The predicted octanol–water partition coefficient (Wildman–Crippen LogP) is 1.69. The molecule has 1 N–H and O–H groups in total. The number of ether oxygens (including phenoxy) is 2. The van der Waals surface area contributed by atoms with E-state index in [0.717, 1.165) is 22.6 Å². The minimum atomic E-state index is 0.114. The van der Waals surface area contributed by atoms with Gasteiger partial charge < -0.3 is 14.8 Å². The van der Waals surface area contributed by atoms with Crippen LogP contribution in [0.4, 0.5) is 0 Å². The third-order valence-electron chi connectivity index (χ3n) is 2.49. The van der Waals surface area contributed by atoms with E-state index in [9.17, 15) is 4.79 Å². The van der Waals surface area contributed by atoms with Gasteiger partial charge in [0.25, 0.3) is 0 Å². The van der Waals surface area contributed by atoms with Crippen LogP contribution in [0.25, 0.3) is 0 Å². The van der Waals surface area contributed by atoms with Crippen molar-refractivity contribution in [2.45, 2.75) is 20.4 Å². The van der Waals surface area contributed by atoms with E-state index in [4.69, 9.17) is 9.47 Å². The lowest BCUT2D eigenvalue weighted by atomic mass is 10.1. The highest BCUT2D eigenvalue weighted by atomic mass is 16.5. The monoisotopic (exact) mass is 237 g/mol. The van der Waals surface area contributed by atoms with Crippen LogP contribution < -0.4 is 14.8 Å². The van der Waals surface area contributed by atoms with E-state index < -0.39 is 0 Å². The Hall–Kier alpha value is -1.55. The first kappa shape index (κ1) is 13.5. The zero-order chi connectivity index (χ0) is 12.8. The molecule has 0 heterocycles. The van der Waals surface area contributed by atoms with Crippen LogP contribution in [-0.2, 0) is 11.3 Å². The third kappa shape index (κ3) is 3.75. The second kappa shape index (κ2) is 6.25. The molecule has 94 valence electrons. The number of nitrogens with one attached hydrogen (secondary N) is 1. The number of aryl methyl sites for hydroxylation is 1. The number of benzene rings is 1.